The number of ether oxygens (including phenoxy) is 1. The predicted molar refractivity (Wildman–Crippen MR) is 104 cm³/mol. The third-order valence-corrected chi connectivity index (χ3v) is 3.63. The monoisotopic (exact) mass is 373 g/mol. The Kier molecular flexibility index (Phi) is 7.04. The quantitative estimate of drug-likeness (QED) is 0.331. The lowest BCUT2D eigenvalue weighted by Gasteiger charge is -2.11. The van der Waals surface area contributed by atoms with Gasteiger partial charge in [0.25, 0.3) is 11.6 Å². The van der Waals surface area contributed by atoms with Gasteiger partial charge in [-0.05, 0) is 42.9 Å². The molecule has 1 amide bonds. The van der Waals surface area contributed by atoms with Crippen molar-refractivity contribution >= 4 is 34.6 Å². The summed E-state index contributed by atoms with van der Waals surface area (Å²) in [4.78, 5) is 22.2. The first-order valence-electron chi connectivity index (χ1n) is 8.09. The Bertz CT molecular complexity index is 793. The third kappa shape index (κ3) is 5.82. The van der Waals surface area contributed by atoms with Crippen molar-refractivity contribution in [2.75, 3.05) is 11.9 Å². The van der Waals surface area contributed by atoms with E-state index in [9.17, 15) is 14.9 Å². The number of hydrogen-bond donors (Lipinski definition) is 2. The predicted octanol–water partition coefficient (Wildman–Crippen LogP) is 3.90. The normalized spacial score (nSPS) is 10.0. The molecule has 2 rings (SSSR count). The molecule has 0 saturated carbocycles. The molecule has 0 fully saturated rings. The molecular formula is C18H19N3O4S. The number of unbranched alkanes of at least 4 members (excludes halogenated alkanes) is 1. The van der Waals surface area contributed by atoms with Crippen molar-refractivity contribution in [1.29, 1.82) is 0 Å². The van der Waals surface area contributed by atoms with Gasteiger partial charge in [-0.15, -0.1) is 0 Å². The van der Waals surface area contributed by atoms with Gasteiger partial charge in [0.1, 0.15) is 5.75 Å². The molecule has 0 saturated heterocycles. The van der Waals surface area contributed by atoms with Gasteiger partial charge >= 0.3 is 0 Å². The largest absolute Gasteiger partial charge is 0.494 e. The average molecular weight is 373 g/mol. The first kappa shape index (κ1) is 19.3. The average Bonchev–Trinajstić information content (AvgIpc) is 2.62. The summed E-state index contributed by atoms with van der Waals surface area (Å²) in [7, 11) is 0. The molecule has 0 aliphatic rings. The van der Waals surface area contributed by atoms with Crippen LogP contribution in [0.25, 0.3) is 0 Å². The van der Waals surface area contributed by atoms with Crippen molar-refractivity contribution in [3.8, 4) is 5.75 Å². The number of nitrogens with zero attached hydrogens (tertiary/aromatic N) is 1. The second kappa shape index (κ2) is 9.47. The molecule has 0 heterocycles. The highest BCUT2D eigenvalue weighted by Crippen LogP contribution is 2.18. The Morgan fingerprint density at radius 3 is 2.62 bits per heavy atom. The summed E-state index contributed by atoms with van der Waals surface area (Å²) < 4.78 is 5.62. The Balaban J connectivity index is 1.92. The molecule has 0 aromatic heterocycles. The van der Waals surface area contributed by atoms with Crippen molar-refractivity contribution in [2.24, 2.45) is 0 Å². The van der Waals surface area contributed by atoms with Crippen LogP contribution in [0.15, 0.2) is 48.5 Å². The Morgan fingerprint density at radius 2 is 1.96 bits per heavy atom. The molecule has 136 valence electrons. The topological polar surface area (TPSA) is 93.5 Å². The molecule has 0 unspecified atom stereocenters. The zero-order valence-electron chi connectivity index (χ0n) is 14.2. The van der Waals surface area contributed by atoms with E-state index in [1.807, 2.05) is 12.1 Å². The number of nitro benzene ring substituents is 1. The summed E-state index contributed by atoms with van der Waals surface area (Å²) in [6.45, 7) is 2.73. The number of nitrogens with one attached hydrogen (secondary N) is 2. The third-order valence-electron chi connectivity index (χ3n) is 3.43. The van der Waals surface area contributed by atoms with Crippen LogP contribution in [-0.4, -0.2) is 22.5 Å². The molecule has 0 aliphatic carbocycles. The molecular weight excluding hydrogens is 354 g/mol. The van der Waals surface area contributed by atoms with E-state index in [4.69, 9.17) is 17.0 Å². The lowest BCUT2D eigenvalue weighted by atomic mass is 10.2. The maximum Gasteiger partial charge on any atom is 0.269 e. The highest BCUT2D eigenvalue weighted by atomic mass is 32.1. The molecule has 0 spiro atoms. The number of carbonyl (C=O) groups is 1. The minimum Gasteiger partial charge on any atom is -0.494 e. The smallest absolute Gasteiger partial charge is 0.269 e. The number of non-ortho nitro benzene ring substituents is 1. The van der Waals surface area contributed by atoms with Gasteiger partial charge in [-0.3, -0.25) is 20.2 Å². The van der Waals surface area contributed by atoms with Gasteiger partial charge in [-0.2, -0.15) is 0 Å². The van der Waals surface area contributed by atoms with Gasteiger partial charge in [-0.1, -0.05) is 19.4 Å². The number of anilines is 1. The lowest BCUT2D eigenvalue weighted by molar-refractivity contribution is -0.384. The van der Waals surface area contributed by atoms with Crippen LogP contribution in [0.1, 0.15) is 30.1 Å². The Morgan fingerprint density at radius 1 is 1.23 bits per heavy atom. The zero-order chi connectivity index (χ0) is 18.9. The fraction of sp³-hybridized carbons (Fsp3) is 0.222. The standard InChI is InChI=1S/C18H19N3O4S/c1-2-3-11-25-16-6-4-5-14(12-16)19-18(26)20-17(22)13-7-9-15(10-8-13)21(23)24/h4-10,12H,2-3,11H2,1H3,(H2,19,20,22,26). The van der Waals surface area contributed by atoms with Crippen LogP contribution >= 0.6 is 12.2 Å². The van der Waals surface area contributed by atoms with Crippen molar-refractivity contribution in [1.82, 2.24) is 5.32 Å². The molecule has 7 nitrogen and oxygen atoms in total. The van der Waals surface area contributed by atoms with Crippen molar-refractivity contribution in [2.45, 2.75) is 19.8 Å². The lowest BCUT2D eigenvalue weighted by Crippen LogP contribution is -2.34. The molecule has 26 heavy (non-hydrogen) atoms. The van der Waals surface area contributed by atoms with Crippen LogP contribution in [0.4, 0.5) is 11.4 Å². The second-order valence-corrected chi connectivity index (χ2v) is 5.85. The van der Waals surface area contributed by atoms with Crippen LogP contribution in [0.2, 0.25) is 0 Å². The number of hydrogen-bond acceptors (Lipinski definition) is 5. The first-order chi connectivity index (χ1) is 12.5. The minimum atomic E-state index is -0.524. The number of rotatable bonds is 7. The van der Waals surface area contributed by atoms with Crippen LogP contribution in [0.3, 0.4) is 0 Å². The van der Waals surface area contributed by atoms with Gasteiger partial charge in [0.2, 0.25) is 0 Å². The van der Waals surface area contributed by atoms with E-state index in [-0.39, 0.29) is 16.4 Å². The van der Waals surface area contributed by atoms with Crippen LogP contribution in [-0.2, 0) is 0 Å². The van der Waals surface area contributed by atoms with Gasteiger partial charge in [0, 0.05) is 29.4 Å². The van der Waals surface area contributed by atoms with Gasteiger partial charge in [0.05, 0.1) is 11.5 Å². The molecule has 8 heteroatoms. The summed E-state index contributed by atoms with van der Waals surface area (Å²) in [5, 5.41) is 16.2. The second-order valence-electron chi connectivity index (χ2n) is 5.44. The van der Waals surface area contributed by atoms with E-state index in [1.54, 1.807) is 12.1 Å². The van der Waals surface area contributed by atoms with Crippen LogP contribution in [0, 0.1) is 10.1 Å². The SMILES string of the molecule is CCCCOc1cccc(NC(=S)NC(=O)c2ccc([N+](=O)[O-])cc2)c1. The maximum atomic E-state index is 12.1. The maximum absolute atomic E-state index is 12.1. The van der Waals surface area contributed by atoms with Crippen molar-refractivity contribution in [3.05, 3.63) is 64.2 Å². The molecule has 2 N–H and O–H groups in total. The number of carbonyl (C=O) groups excluding carboxylic acids is 1. The molecule has 0 radical (unpaired) electrons. The fourth-order valence-electron chi connectivity index (χ4n) is 2.07. The van der Waals surface area contributed by atoms with Gasteiger partial charge < -0.3 is 10.1 Å². The molecule has 0 bridgehead atoms. The van der Waals surface area contributed by atoms with Crippen molar-refractivity contribution in [3.63, 3.8) is 0 Å². The molecule has 0 aliphatic heterocycles. The number of nitro groups is 1. The summed E-state index contributed by atoms with van der Waals surface area (Å²) >= 11 is 5.14. The van der Waals surface area contributed by atoms with Gasteiger partial charge in [0.15, 0.2) is 5.11 Å². The van der Waals surface area contributed by atoms with Crippen LogP contribution in [0.5, 0.6) is 5.75 Å². The molecule has 2 aromatic rings. The summed E-state index contributed by atoms with van der Waals surface area (Å²) in [6.07, 6.45) is 2.03. The first-order valence-corrected chi connectivity index (χ1v) is 8.50. The summed E-state index contributed by atoms with van der Waals surface area (Å²) in [5.41, 5.74) is 0.881. The van der Waals surface area contributed by atoms with E-state index in [0.717, 1.165) is 12.8 Å². The summed E-state index contributed by atoms with van der Waals surface area (Å²) in [6, 6.07) is 12.5. The van der Waals surface area contributed by atoms with Gasteiger partial charge in [-0.25, -0.2) is 0 Å². The number of benzene rings is 2. The summed E-state index contributed by atoms with van der Waals surface area (Å²) in [5.74, 6) is 0.265. The molecule has 2 aromatic carbocycles. The fourth-order valence-corrected chi connectivity index (χ4v) is 2.28. The van der Waals surface area contributed by atoms with E-state index in [0.29, 0.717) is 18.0 Å². The van der Waals surface area contributed by atoms with Crippen molar-refractivity contribution < 1.29 is 14.5 Å². The van der Waals surface area contributed by atoms with E-state index in [1.165, 1.54) is 24.3 Å². The highest BCUT2D eigenvalue weighted by molar-refractivity contribution is 7.80. The van der Waals surface area contributed by atoms with E-state index >= 15 is 0 Å². The number of thiocarbonyl (C=S) groups is 1. The molecule has 0 atom stereocenters. The zero-order valence-corrected chi connectivity index (χ0v) is 15.0. The Labute approximate surface area is 156 Å². The van der Waals surface area contributed by atoms with E-state index < -0.39 is 10.8 Å². The Hall–Kier alpha value is -3.00. The van der Waals surface area contributed by atoms with E-state index in [2.05, 4.69) is 17.6 Å². The highest BCUT2D eigenvalue weighted by Gasteiger charge is 2.11. The van der Waals surface area contributed by atoms with Crippen LogP contribution < -0.4 is 15.4 Å². The minimum absolute atomic E-state index is 0.0814. The number of amides is 1.